The van der Waals surface area contributed by atoms with Gasteiger partial charge < -0.3 is 36.3 Å². The Labute approximate surface area is 226 Å². The van der Waals surface area contributed by atoms with Crippen LogP contribution in [0.15, 0.2) is 54.6 Å². The van der Waals surface area contributed by atoms with Crippen LogP contribution in [0, 0.1) is 5.41 Å². The van der Waals surface area contributed by atoms with Crippen LogP contribution in [0.25, 0.3) is 0 Å². The maximum atomic E-state index is 13.0. The van der Waals surface area contributed by atoms with Gasteiger partial charge in [-0.15, -0.1) is 0 Å². The fourth-order valence-electron chi connectivity index (χ4n) is 3.19. The summed E-state index contributed by atoms with van der Waals surface area (Å²) in [6.45, 7) is 4.28. The van der Waals surface area contributed by atoms with E-state index in [1.165, 1.54) is 0 Å². The van der Waals surface area contributed by atoms with E-state index in [1.54, 1.807) is 75.4 Å². The first-order valence-corrected chi connectivity index (χ1v) is 12.2. The lowest BCUT2D eigenvalue weighted by atomic mass is 10.1. The van der Waals surface area contributed by atoms with E-state index in [2.05, 4.69) is 16.0 Å². The van der Waals surface area contributed by atoms with Crippen molar-refractivity contribution in [1.82, 2.24) is 16.0 Å². The van der Waals surface area contributed by atoms with Crippen molar-refractivity contribution in [2.24, 2.45) is 5.73 Å². The van der Waals surface area contributed by atoms with Crippen LogP contribution in [0.4, 0.5) is 0 Å². The average Bonchev–Trinajstić information content (AvgIpc) is 2.88. The third-order valence-electron chi connectivity index (χ3n) is 5.21. The number of hydrogen-bond donors (Lipinski definition) is 6. The van der Waals surface area contributed by atoms with Crippen LogP contribution < -0.4 is 26.4 Å². The molecule has 0 unspecified atom stereocenters. The number of hydrogen-bond acceptors (Lipinski definition) is 7. The van der Waals surface area contributed by atoms with Crippen molar-refractivity contribution in [3.63, 3.8) is 0 Å². The van der Waals surface area contributed by atoms with Crippen molar-refractivity contribution in [1.29, 1.82) is 5.41 Å². The van der Waals surface area contributed by atoms with Gasteiger partial charge in [-0.2, -0.15) is 0 Å². The molecule has 0 fully saturated rings. The zero-order valence-corrected chi connectivity index (χ0v) is 22.2. The smallest absolute Gasteiger partial charge is 0.326 e. The first-order chi connectivity index (χ1) is 18.3. The van der Waals surface area contributed by atoms with E-state index in [1.807, 2.05) is 0 Å². The number of carboxylic acid groups (broad SMARTS) is 1. The minimum Gasteiger partial charge on any atom is -0.484 e. The van der Waals surface area contributed by atoms with Crippen LogP contribution in [0.2, 0.25) is 0 Å². The second kappa shape index (κ2) is 14.5. The molecule has 2 atom stereocenters. The monoisotopic (exact) mass is 541 g/mol. The molecule has 2 aromatic carbocycles. The van der Waals surface area contributed by atoms with E-state index >= 15 is 0 Å². The van der Waals surface area contributed by atoms with E-state index in [-0.39, 0.29) is 25.5 Å². The Morgan fingerprint density at radius 2 is 1.59 bits per heavy atom. The van der Waals surface area contributed by atoms with Gasteiger partial charge in [0.05, 0.1) is 18.8 Å². The fourth-order valence-corrected chi connectivity index (χ4v) is 3.19. The van der Waals surface area contributed by atoms with E-state index in [0.717, 1.165) is 5.56 Å². The largest absolute Gasteiger partial charge is 0.484 e. The van der Waals surface area contributed by atoms with Gasteiger partial charge in [-0.05, 0) is 50.6 Å². The molecule has 12 heteroatoms. The summed E-state index contributed by atoms with van der Waals surface area (Å²) >= 11 is 0. The van der Waals surface area contributed by atoms with Crippen molar-refractivity contribution in [2.75, 3.05) is 19.8 Å². The number of nitrogens with two attached hydrogens (primary N) is 1. The topological polar surface area (TPSA) is 193 Å². The number of amidine groups is 1. The third kappa shape index (κ3) is 11.6. The molecule has 0 radical (unpaired) electrons. The normalized spacial score (nSPS) is 12.5. The Hall–Kier alpha value is -4.45. The van der Waals surface area contributed by atoms with Gasteiger partial charge in [0.25, 0.3) is 5.91 Å². The van der Waals surface area contributed by atoms with Gasteiger partial charge >= 0.3 is 5.97 Å². The molecule has 0 saturated heterocycles. The molecule has 0 saturated carbocycles. The van der Waals surface area contributed by atoms with E-state index < -0.39 is 47.9 Å². The van der Waals surface area contributed by atoms with Gasteiger partial charge in [-0.25, -0.2) is 4.79 Å². The minimum atomic E-state index is -1.23. The van der Waals surface area contributed by atoms with Crippen LogP contribution in [0.5, 0.6) is 5.75 Å². The number of nitrogens with one attached hydrogen (secondary N) is 4. The third-order valence-corrected chi connectivity index (χ3v) is 5.21. The molecule has 0 bridgehead atoms. The Kier molecular flexibility index (Phi) is 11.4. The van der Waals surface area contributed by atoms with Crippen molar-refractivity contribution < 1.29 is 33.8 Å². The number of amides is 3. The summed E-state index contributed by atoms with van der Waals surface area (Å²) in [5, 5.41) is 24.3. The number of benzene rings is 2. The van der Waals surface area contributed by atoms with Crippen LogP contribution in [-0.4, -0.2) is 72.1 Å². The van der Waals surface area contributed by atoms with Crippen LogP contribution in [0.3, 0.4) is 0 Å². The fraction of sp³-hybridized carbons (Fsp3) is 0.370. The molecule has 0 aromatic heterocycles. The number of aliphatic carboxylic acids is 1. The molecule has 0 aliphatic carbocycles. The first-order valence-electron chi connectivity index (χ1n) is 12.2. The molecule has 2 rings (SSSR count). The maximum absolute atomic E-state index is 13.0. The van der Waals surface area contributed by atoms with Crippen LogP contribution in [-0.2, 0) is 30.3 Å². The van der Waals surface area contributed by atoms with Gasteiger partial charge in [0.1, 0.15) is 23.7 Å². The molecule has 0 aliphatic heterocycles. The van der Waals surface area contributed by atoms with Crippen LogP contribution >= 0.6 is 0 Å². The van der Waals surface area contributed by atoms with Crippen molar-refractivity contribution in [3.05, 3.63) is 65.7 Å². The van der Waals surface area contributed by atoms with Gasteiger partial charge in [0, 0.05) is 12.0 Å². The molecule has 0 heterocycles. The zero-order valence-electron chi connectivity index (χ0n) is 22.2. The van der Waals surface area contributed by atoms with Gasteiger partial charge in [0.15, 0.2) is 6.61 Å². The van der Waals surface area contributed by atoms with Gasteiger partial charge in [0.2, 0.25) is 11.8 Å². The second-order valence-corrected chi connectivity index (χ2v) is 9.64. The predicted molar refractivity (Wildman–Crippen MR) is 143 cm³/mol. The number of ether oxygens (including phenoxy) is 2. The van der Waals surface area contributed by atoms with E-state index in [9.17, 15) is 24.3 Å². The highest BCUT2D eigenvalue weighted by Crippen LogP contribution is 2.12. The summed E-state index contributed by atoms with van der Waals surface area (Å²) in [5.41, 5.74) is 5.99. The van der Waals surface area contributed by atoms with E-state index in [0.29, 0.717) is 11.3 Å². The highest BCUT2D eigenvalue weighted by Gasteiger charge is 2.28. The molecular formula is C27H35N5O7. The number of carboxylic acids is 1. The standard InChI is InChI=1S/C27H35N5O7/c1-27(2,3)39-15-21(25(35)32-20(26(36)37)13-17-7-5-4-6-8-17)31-22(33)14-30-23(34)16-38-19-11-9-18(10-12-19)24(28)29/h4-12,20-21H,13-16H2,1-3H3,(H3,28,29)(H,30,34)(H,31,33)(H,32,35)(H,36,37)/t20-,21-/m0/s1. The summed E-state index contributed by atoms with van der Waals surface area (Å²) in [4.78, 5) is 49.4. The highest BCUT2D eigenvalue weighted by molar-refractivity contribution is 5.95. The Morgan fingerprint density at radius 3 is 2.15 bits per heavy atom. The average molecular weight is 542 g/mol. The summed E-state index contributed by atoms with van der Waals surface area (Å²) in [5.74, 6) is -2.95. The summed E-state index contributed by atoms with van der Waals surface area (Å²) in [6.07, 6.45) is 0.0518. The summed E-state index contributed by atoms with van der Waals surface area (Å²) < 4.78 is 11.0. The Bertz CT molecular complexity index is 1150. The molecule has 2 aromatic rings. The van der Waals surface area contributed by atoms with Gasteiger partial charge in [-0.3, -0.25) is 19.8 Å². The molecule has 39 heavy (non-hydrogen) atoms. The first kappa shape index (κ1) is 30.8. The lowest BCUT2D eigenvalue weighted by Crippen LogP contribution is -2.55. The van der Waals surface area contributed by atoms with Crippen LogP contribution in [0.1, 0.15) is 31.9 Å². The van der Waals surface area contributed by atoms with E-state index in [4.69, 9.17) is 20.6 Å². The highest BCUT2D eigenvalue weighted by atomic mass is 16.5. The number of nitrogen functional groups attached to an aromatic ring is 1. The summed E-state index contributed by atoms with van der Waals surface area (Å²) in [6, 6.07) is 12.6. The molecule has 3 amide bonds. The maximum Gasteiger partial charge on any atom is 0.326 e. The molecular weight excluding hydrogens is 506 g/mol. The molecule has 210 valence electrons. The van der Waals surface area contributed by atoms with Crippen molar-refractivity contribution in [2.45, 2.75) is 44.9 Å². The summed E-state index contributed by atoms with van der Waals surface area (Å²) in [7, 11) is 0. The molecule has 12 nitrogen and oxygen atoms in total. The number of rotatable bonds is 14. The zero-order chi connectivity index (χ0) is 29.0. The SMILES string of the molecule is CC(C)(C)OC[C@H](NC(=O)CNC(=O)COc1ccc(C(=N)N)cc1)C(=O)N[C@@H](Cc1ccccc1)C(=O)O. The second-order valence-electron chi connectivity index (χ2n) is 9.64. The molecule has 7 N–H and O–H groups in total. The lowest BCUT2D eigenvalue weighted by molar-refractivity contribution is -0.143. The lowest BCUT2D eigenvalue weighted by Gasteiger charge is -2.26. The Balaban J connectivity index is 1.93. The molecule has 0 spiro atoms. The predicted octanol–water partition coefficient (Wildman–Crippen LogP) is 0.578. The van der Waals surface area contributed by atoms with Gasteiger partial charge in [-0.1, -0.05) is 30.3 Å². The number of carbonyl (C=O) groups excluding carboxylic acids is 3. The van der Waals surface area contributed by atoms with Crippen molar-refractivity contribution >= 4 is 29.5 Å². The van der Waals surface area contributed by atoms with Crippen molar-refractivity contribution in [3.8, 4) is 5.75 Å². The quantitative estimate of drug-likeness (QED) is 0.148. The number of carbonyl (C=O) groups is 4. The molecule has 0 aliphatic rings. The minimum absolute atomic E-state index is 0.0518. The Morgan fingerprint density at radius 1 is 0.949 bits per heavy atom.